The van der Waals surface area contributed by atoms with Gasteiger partial charge in [0.15, 0.2) is 30.5 Å². The smallest absolute Gasteiger partial charge is 0.331 e. The number of rotatable bonds is 9. The zero-order valence-electron chi connectivity index (χ0n) is 15.0. The minimum absolute atomic E-state index is 0.274. The van der Waals surface area contributed by atoms with Crippen LogP contribution in [0.1, 0.15) is 15.9 Å². The van der Waals surface area contributed by atoms with Gasteiger partial charge in [0.1, 0.15) is 0 Å². The van der Waals surface area contributed by atoms with Gasteiger partial charge in [-0.3, -0.25) is 9.59 Å². The quantitative estimate of drug-likeness (QED) is 0.360. The van der Waals surface area contributed by atoms with Crippen LogP contribution >= 0.6 is 15.9 Å². The maximum absolute atomic E-state index is 12.0. The molecule has 0 unspecified atom stereocenters. The van der Waals surface area contributed by atoms with Gasteiger partial charge in [-0.1, -0.05) is 34.1 Å². The molecule has 28 heavy (non-hydrogen) atoms. The molecule has 8 heteroatoms. The SMILES string of the molecule is COc1cc(/C=C/C(=O)OCC(=O)c2ccc(Br)cc2)ccc1OCC(N)=O. The molecule has 0 aromatic heterocycles. The minimum atomic E-state index is -0.654. The first-order valence-electron chi connectivity index (χ1n) is 8.12. The highest BCUT2D eigenvalue weighted by Gasteiger charge is 2.09. The molecule has 0 fully saturated rings. The number of Topliss-reactive ketones (excluding diaryl/α,β-unsaturated/α-hetero) is 1. The molecule has 2 aromatic rings. The van der Waals surface area contributed by atoms with Crippen molar-refractivity contribution < 1.29 is 28.6 Å². The summed E-state index contributed by atoms with van der Waals surface area (Å²) in [7, 11) is 1.45. The molecule has 0 saturated heterocycles. The van der Waals surface area contributed by atoms with Crippen LogP contribution < -0.4 is 15.2 Å². The Hall–Kier alpha value is -3.13. The standard InChI is InChI=1S/C20H18BrNO6/c1-26-18-10-13(2-8-17(18)27-12-19(22)24)3-9-20(25)28-11-16(23)14-4-6-15(21)7-5-14/h2-10H,11-12H2,1H3,(H2,22,24)/b9-3+. The van der Waals surface area contributed by atoms with Crippen molar-refractivity contribution >= 4 is 39.7 Å². The molecular weight excluding hydrogens is 430 g/mol. The predicted molar refractivity (Wildman–Crippen MR) is 106 cm³/mol. The average Bonchev–Trinajstić information content (AvgIpc) is 2.69. The molecule has 0 heterocycles. The summed E-state index contributed by atoms with van der Waals surface area (Å²) in [6, 6.07) is 11.6. The molecule has 0 spiro atoms. The van der Waals surface area contributed by atoms with Crippen LogP contribution in [0, 0.1) is 0 Å². The summed E-state index contributed by atoms with van der Waals surface area (Å²) >= 11 is 3.29. The van der Waals surface area contributed by atoms with E-state index in [1.54, 1.807) is 42.5 Å². The van der Waals surface area contributed by atoms with Crippen LogP contribution in [0.3, 0.4) is 0 Å². The monoisotopic (exact) mass is 447 g/mol. The van der Waals surface area contributed by atoms with Crippen molar-refractivity contribution in [1.29, 1.82) is 0 Å². The topological polar surface area (TPSA) is 105 Å². The third-order valence-electron chi connectivity index (χ3n) is 3.48. The van der Waals surface area contributed by atoms with Crippen LogP contribution in [0.15, 0.2) is 53.0 Å². The lowest BCUT2D eigenvalue weighted by Crippen LogP contribution is -2.20. The largest absolute Gasteiger partial charge is 0.493 e. The lowest BCUT2D eigenvalue weighted by atomic mass is 10.1. The van der Waals surface area contributed by atoms with Crippen molar-refractivity contribution in [2.24, 2.45) is 5.73 Å². The molecule has 0 aliphatic rings. The Morgan fingerprint density at radius 2 is 1.75 bits per heavy atom. The second-order valence-corrected chi connectivity index (χ2v) is 6.45. The maximum Gasteiger partial charge on any atom is 0.331 e. The summed E-state index contributed by atoms with van der Waals surface area (Å²) < 4.78 is 16.2. The van der Waals surface area contributed by atoms with Crippen molar-refractivity contribution in [3.05, 3.63) is 64.1 Å². The predicted octanol–water partition coefficient (Wildman–Crippen LogP) is 2.76. The van der Waals surface area contributed by atoms with E-state index in [1.165, 1.54) is 19.3 Å². The molecule has 2 aromatic carbocycles. The van der Waals surface area contributed by atoms with Crippen LogP contribution in [0.2, 0.25) is 0 Å². The number of hydrogen-bond donors (Lipinski definition) is 1. The fraction of sp³-hybridized carbons (Fsp3) is 0.150. The van der Waals surface area contributed by atoms with E-state index >= 15 is 0 Å². The Morgan fingerprint density at radius 1 is 1.04 bits per heavy atom. The van der Waals surface area contributed by atoms with E-state index in [0.717, 1.165) is 4.47 Å². The van der Waals surface area contributed by atoms with Gasteiger partial charge < -0.3 is 19.9 Å². The van der Waals surface area contributed by atoms with Crippen molar-refractivity contribution in [3.8, 4) is 11.5 Å². The fourth-order valence-corrected chi connectivity index (χ4v) is 2.39. The first kappa shape index (κ1) is 21.2. The number of primary amides is 1. The molecule has 0 bridgehead atoms. The van der Waals surface area contributed by atoms with Crippen LogP contribution in [-0.2, 0) is 14.3 Å². The van der Waals surface area contributed by atoms with Gasteiger partial charge >= 0.3 is 5.97 Å². The molecule has 7 nitrogen and oxygen atoms in total. The lowest BCUT2D eigenvalue weighted by Gasteiger charge is -2.09. The molecule has 0 saturated carbocycles. The summed E-state index contributed by atoms with van der Waals surface area (Å²) in [6.07, 6.45) is 2.71. The number of methoxy groups -OCH3 is 1. The molecule has 0 atom stereocenters. The van der Waals surface area contributed by atoms with Gasteiger partial charge in [0.05, 0.1) is 7.11 Å². The first-order valence-corrected chi connectivity index (χ1v) is 8.91. The van der Waals surface area contributed by atoms with Crippen molar-refractivity contribution in [2.75, 3.05) is 20.3 Å². The molecule has 1 amide bonds. The van der Waals surface area contributed by atoms with Crippen molar-refractivity contribution in [2.45, 2.75) is 0 Å². The minimum Gasteiger partial charge on any atom is -0.493 e. The van der Waals surface area contributed by atoms with E-state index in [4.69, 9.17) is 19.9 Å². The zero-order chi connectivity index (χ0) is 20.5. The summed E-state index contributed by atoms with van der Waals surface area (Å²) in [4.78, 5) is 34.6. The number of nitrogens with two attached hydrogens (primary N) is 1. The first-order chi connectivity index (χ1) is 13.4. The van der Waals surface area contributed by atoms with E-state index in [2.05, 4.69) is 15.9 Å². The Bertz CT molecular complexity index is 892. The number of carbonyl (C=O) groups is 3. The average molecular weight is 448 g/mol. The number of benzene rings is 2. The van der Waals surface area contributed by atoms with Gasteiger partial charge in [-0.15, -0.1) is 0 Å². The number of halogens is 1. The zero-order valence-corrected chi connectivity index (χ0v) is 16.6. The Labute approximate surface area is 170 Å². The van der Waals surface area contributed by atoms with Gasteiger partial charge in [0.2, 0.25) is 0 Å². The van der Waals surface area contributed by atoms with E-state index in [1.807, 2.05) is 0 Å². The second-order valence-electron chi connectivity index (χ2n) is 5.54. The summed E-state index contributed by atoms with van der Waals surface area (Å²) in [5.41, 5.74) is 6.14. The molecule has 0 radical (unpaired) electrons. The van der Waals surface area contributed by atoms with Gasteiger partial charge in [0, 0.05) is 16.1 Å². The fourth-order valence-electron chi connectivity index (χ4n) is 2.12. The van der Waals surface area contributed by atoms with Gasteiger partial charge in [-0.2, -0.15) is 0 Å². The highest BCUT2D eigenvalue weighted by Crippen LogP contribution is 2.28. The van der Waals surface area contributed by atoms with Crippen LogP contribution in [0.4, 0.5) is 0 Å². The van der Waals surface area contributed by atoms with E-state index in [9.17, 15) is 14.4 Å². The Kier molecular flexibility index (Phi) is 7.76. The molecule has 2 rings (SSSR count). The Morgan fingerprint density at radius 3 is 2.39 bits per heavy atom. The number of ketones is 1. The van der Waals surface area contributed by atoms with Gasteiger partial charge in [-0.05, 0) is 35.9 Å². The molecule has 2 N–H and O–H groups in total. The van der Waals surface area contributed by atoms with Crippen LogP contribution in [-0.4, -0.2) is 38.0 Å². The van der Waals surface area contributed by atoms with E-state index in [0.29, 0.717) is 22.6 Å². The summed E-state index contributed by atoms with van der Waals surface area (Å²) in [5.74, 6) is -0.833. The molecular formula is C20H18BrNO6. The third kappa shape index (κ3) is 6.55. The maximum atomic E-state index is 12.0. The number of esters is 1. The molecule has 146 valence electrons. The number of ether oxygens (including phenoxy) is 3. The highest BCUT2D eigenvalue weighted by atomic mass is 79.9. The van der Waals surface area contributed by atoms with Gasteiger partial charge in [0.25, 0.3) is 5.91 Å². The van der Waals surface area contributed by atoms with Crippen molar-refractivity contribution in [3.63, 3.8) is 0 Å². The molecule has 0 aliphatic carbocycles. The van der Waals surface area contributed by atoms with E-state index < -0.39 is 11.9 Å². The van der Waals surface area contributed by atoms with Crippen molar-refractivity contribution in [1.82, 2.24) is 0 Å². The van der Waals surface area contributed by atoms with Crippen LogP contribution in [0.25, 0.3) is 6.08 Å². The summed E-state index contributed by atoms with van der Waals surface area (Å²) in [5, 5.41) is 0. The lowest BCUT2D eigenvalue weighted by molar-refractivity contribution is -0.136. The Balaban J connectivity index is 1.93. The number of hydrogen-bond acceptors (Lipinski definition) is 6. The molecule has 0 aliphatic heterocycles. The van der Waals surface area contributed by atoms with Crippen LogP contribution in [0.5, 0.6) is 11.5 Å². The second kappa shape index (κ2) is 10.3. The third-order valence-corrected chi connectivity index (χ3v) is 4.01. The summed E-state index contributed by atoms with van der Waals surface area (Å²) in [6.45, 7) is -0.627. The van der Waals surface area contributed by atoms with E-state index in [-0.39, 0.29) is 19.0 Å². The van der Waals surface area contributed by atoms with Gasteiger partial charge in [-0.25, -0.2) is 4.79 Å². The number of amides is 1. The normalized spacial score (nSPS) is 10.5. The number of carbonyl (C=O) groups excluding carboxylic acids is 3. The highest BCUT2D eigenvalue weighted by molar-refractivity contribution is 9.10.